The zero-order chi connectivity index (χ0) is 29.9. The van der Waals surface area contributed by atoms with Crippen LogP contribution in [0.1, 0.15) is 63.5 Å². The van der Waals surface area contributed by atoms with E-state index in [4.69, 9.17) is 26.3 Å². The monoisotopic (exact) mass is 604 g/mol. The smallest absolute Gasteiger partial charge is 0.376 e. The molecule has 2 fully saturated rings. The van der Waals surface area contributed by atoms with E-state index in [0.29, 0.717) is 25.4 Å². The number of hydrogen-bond acceptors (Lipinski definition) is 7. The van der Waals surface area contributed by atoms with Crippen LogP contribution in [0, 0.1) is 12.8 Å². The second-order valence-corrected chi connectivity index (χ2v) is 12.4. The zero-order valence-electron chi connectivity index (χ0n) is 24.4. The molecule has 4 atom stereocenters. The molecule has 0 amide bonds. The number of hydrogen-bond donors (Lipinski definition) is 0. The first kappa shape index (κ1) is 29.1. The number of alkyl halides is 3. The van der Waals surface area contributed by atoms with E-state index in [1.54, 1.807) is 12.4 Å². The third kappa shape index (κ3) is 5.11. The van der Waals surface area contributed by atoms with Gasteiger partial charge in [0.1, 0.15) is 17.7 Å². The highest BCUT2D eigenvalue weighted by molar-refractivity contribution is 6.31. The minimum atomic E-state index is -4.49. The van der Waals surface area contributed by atoms with E-state index >= 15 is 0 Å². The fourth-order valence-electron chi connectivity index (χ4n) is 6.70. The van der Waals surface area contributed by atoms with E-state index in [0.717, 1.165) is 53.9 Å². The fraction of sp³-hybridized carbons (Fsp3) is 0.586. The SMILES string of the molecule is Cc1nc2c(N3C[C@@H](C)N(C(c4ccc(C(F)(F)F)c(Cl)c4)C(C)C)C[C@@H]3C)nc3nncn3c2n1C[C@@H]1CCCO1. The van der Waals surface area contributed by atoms with Crippen LogP contribution in [0.4, 0.5) is 19.0 Å². The molecule has 5 heterocycles. The van der Waals surface area contributed by atoms with Gasteiger partial charge >= 0.3 is 6.18 Å². The Morgan fingerprint density at radius 3 is 2.57 bits per heavy atom. The molecule has 3 aromatic heterocycles. The summed E-state index contributed by atoms with van der Waals surface area (Å²) in [6.07, 6.45) is -0.608. The standard InChI is InChI=1S/C29H36ClF3N8O/c1-16(2)25(20-8-9-22(23(30)11-20)29(31,32)33)38-12-18(4)39(13-17(38)3)26-24-27(41-15-34-37-28(41)36-26)40(19(5)35-24)14-21-7-6-10-42-21/h8-9,11,15-18,21,25H,6-7,10,12-14H2,1-5H3/t17-,18+,21+,25?/m1/s1. The maximum absolute atomic E-state index is 13.4. The lowest BCUT2D eigenvalue weighted by atomic mass is 9.90. The molecule has 0 spiro atoms. The molecule has 0 aliphatic carbocycles. The third-order valence-corrected chi connectivity index (χ3v) is 8.97. The molecule has 226 valence electrons. The van der Waals surface area contributed by atoms with Crippen molar-refractivity contribution in [1.82, 2.24) is 34.0 Å². The van der Waals surface area contributed by atoms with Gasteiger partial charge in [0.15, 0.2) is 11.5 Å². The van der Waals surface area contributed by atoms with Gasteiger partial charge in [0, 0.05) is 37.8 Å². The summed E-state index contributed by atoms with van der Waals surface area (Å²) >= 11 is 6.15. The molecule has 2 aliphatic heterocycles. The Morgan fingerprint density at radius 2 is 1.90 bits per heavy atom. The number of imidazole rings is 1. The Morgan fingerprint density at radius 1 is 1.12 bits per heavy atom. The highest BCUT2D eigenvalue weighted by Crippen LogP contribution is 2.40. The van der Waals surface area contributed by atoms with Crippen molar-refractivity contribution in [2.24, 2.45) is 5.92 Å². The molecule has 1 aromatic carbocycles. The van der Waals surface area contributed by atoms with Gasteiger partial charge < -0.3 is 14.2 Å². The molecular formula is C29H36ClF3N8O. The lowest BCUT2D eigenvalue weighted by Gasteiger charge is -2.49. The molecule has 0 radical (unpaired) electrons. The average molecular weight is 605 g/mol. The summed E-state index contributed by atoms with van der Waals surface area (Å²) in [6.45, 7) is 13.3. The van der Waals surface area contributed by atoms with Crippen molar-refractivity contribution >= 4 is 34.4 Å². The Labute approximate surface area is 247 Å². The predicted octanol–water partition coefficient (Wildman–Crippen LogP) is 5.93. The molecule has 2 aliphatic rings. The summed E-state index contributed by atoms with van der Waals surface area (Å²) in [5, 5.41) is 8.16. The van der Waals surface area contributed by atoms with Gasteiger partial charge in [0.25, 0.3) is 5.78 Å². The van der Waals surface area contributed by atoms with Gasteiger partial charge in [0.05, 0.1) is 23.2 Å². The van der Waals surface area contributed by atoms with Crippen molar-refractivity contribution in [3.63, 3.8) is 0 Å². The van der Waals surface area contributed by atoms with E-state index in [2.05, 4.69) is 52.3 Å². The number of rotatable bonds is 6. The minimum Gasteiger partial charge on any atom is -0.376 e. The first-order chi connectivity index (χ1) is 19.9. The van der Waals surface area contributed by atoms with Crippen LogP contribution in [-0.4, -0.2) is 71.9 Å². The third-order valence-electron chi connectivity index (χ3n) is 8.65. The molecule has 9 nitrogen and oxygen atoms in total. The van der Waals surface area contributed by atoms with Crippen LogP contribution in [0.25, 0.3) is 16.9 Å². The van der Waals surface area contributed by atoms with Crippen molar-refractivity contribution < 1.29 is 17.9 Å². The van der Waals surface area contributed by atoms with E-state index < -0.39 is 11.7 Å². The van der Waals surface area contributed by atoms with Gasteiger partial charge in [-0.25, -0.2) is 9.38 Å². The van der Waals surface area contributed by atoms with Crippen LogP contribution in [0.5, 0.6) is 0 Å². The molecule has 0 N–H and O–H groups in total. The summed E-state index contributed by atoms with van der Waals surface area (Å²) < 4.78 is 50.2. The fourth-order valence-corrected chi connectivity index (χ4v) is 7.00. The lowest BCUT2D eigenvalue weighted by Crippen LogP contribution is -2.58. The Balaban J connectivity index is 1.34. The maximum Gasteiger partial charge on any atom is 0.417 e. The van der Waals surface area contributed by atoms with Gasteiger partial charge in [0.2, 0.25) is 0 Å². The van der Waals surface area contributed by atoms with Crippen molar-refractivity contribution in [3.05, 3.63) is 46.5 Å². The molecule has 4 aromatic rings. The van der Waals surface area contributed by atoms with Crippen LogP contribution in [-0.2, 0) is 17.5 Å². The number of ether oxygens (including phenoxy) is 1. The summed E-state index contributed by atoms with van der Waals surface area (Å²) in [4.78, 5) is 14.6. The summed E-state index contributed by atoms with van der Waals surface area (Å²) in [5.41, 5.74) is 1.66. The molecular weight excluding hydrogens is 569 g/mol. The van der Waals surface area contributed by atoms with Crippen LogP contribution >= 0.6 is 11.6 Å². The van der Waals surface area contributed by atoms with Gasteiger partial charge in [-0.2, -0.15) is 18.2 Å². The Hall–Kier alpha value is -2.96. The van der Waals surface area contributed by atoms with Crippen molar-refractivity contribution in [2.75, 3.05) is 24.6 Å². The molecule has 0 bridgehead atoms. The highest BCUT2D eigenvalue weighted by Gasteiger charge is 2.39. The van der Waals surface area contributed by atoms with Crippen molar-refractivity contribution in [1.29, 1.82) is 0 Å². The van der Waals surface area contributed by atoms with Crippen molar-refractivity contribution in [3.8, 4) is 0 Å². The number of aromatic nitrogens is 6. The van der Waals surface area contributed by atoms with E-state index in [1.807, 2.05) is 11.3 Å². The lowest BCUT2D eigenvalue weighted by molar-refractivity contribution is -0.137. The number of halogens is 4. The second kappa shape index (κ2) is 10.9. The topological polar surface area (TPSA) is 76.6 Å². The molecule has 42 heavy (non-hydrogen) atoms. The molecule has 1 unspecified atom stereocenters. The first-order valence-corrected chi connectivity index (χ1v) is 14.9. The van der Waals surface area contributed by atoms with Crippen LogP contribution in [0.2, 0.25) is 5.02 Å². The van der Waals surface area contributed by atoms with Gasteiger partial charge in [-0.3, -0.25) is 4.90 Å². The average Bonchev–Trinajstić information content (AvgIpc) is 3.66. The number of benzene rings is 1. The summed E-state index contributed by atoms with van der Waals surface area (Å²) in [7, 11) is 0. The normalized spacial score (nSPS) is 23.1. The zero-order valence-corrected chi connectivity index (χ0v) is 25.2. The number of anilines is 1. The molecule has 0 saturated carbocycles. The highest BCUT2D eigenvalue weighted by atomic mass is 35.5. The van der Waals surface area contributed by atoms with E-state index in [9.17, 15) is 13.2 Å². The van der Waals surface area contributed by atoms with Gasteiger partial charge in [-0.1, -0.05) is 31.5 Å². The Bertz CT molecular complexity index is 1600. The number of nitrogens with zero attached hydrogens (tertiary/aromatic N) is 8. The number of aryl methyl sites for hydroxylation is 1. The van der Waals surface area contributed by atoms with E-state index in [1.165, 1.54) is 6.07 Å². The van der Waals surface area contributed by atoms with E-state index in [-0.39, 0.29) is 35.2 Å². The molecule has 2 saturated heterocycles. The first-order valence-electron chi connectivity index (χ1n) is 14.5. The minimum absolute atomic E-state index is 0.0389. The van der Waals surface area contributed by atoms with Gasteiger partial charge in [-0.05, 0) is 57.2 Å². The predicted molar refractivity (Wildman–Crippen MR) is 155 cm³/mol. The number of piperazine rings is 1. The van der Waals surface area contributed by atoms with Crippen LogP contribution in [0.15, 0.2) is 24.5 Å². The quantitative estimate of drug-likeness (QED) is 0.270. The molecule has 6 rings (SSSR count). The molecule has 13 heteroatoms. The number of fused-ring (bicyclic) bond motifs is 3. The summed E-state index contributed by atoms with van der Waals surface area (Å²) in [6, 6.07) is 4.14. The maximum atomic E-state index is 13.4. The van der Waals surface area contributed by atoms with Crippen molar-refractivity contribution in [2.45, 2.75) is 84.4 Å². The van der Waals surface area contributed by atoms with Crippen LogP contribution < -0.4 is 4.90 Å². The van der Waals surface area contributed by atoms with Gasteiger partial charge in [-0.15, -0.1) is 10.2 Å². The largest absolute Gasteiger partial charge is 0.417 e. The summed E-state index contributed by atoms with van der Waals surface area (Å²) in [5.74, 6) is 2.29. The second-order valence-electron chi connectivity index (χ2n) is 12.0. The Kier molecular flexibility index (Phi) is 7.59. The van der Waals surface area contributed by atoms with Crippen LogP contribution in [0.3, 0.4) is 0 Å².